The molecule has 64 valence electrons. The predicted octanol–water partition coefficient (Wildman–Crippen LogP) is 0.209. The SMILES string of the molecule is O=C(CCCCl)N1CC(O)C1. The summed E-state index contributed by atoms with van der Waals surface area (Å²) in [5.74, 6) is 0.637. The molecule has 11 heavy (non-hydrogen) atoms. The van der Waals surface area contributed by atoms with Crippen molar-refractivity contribution in [1.29, 1.82) is 0 Å². The van der Waals surface area contributed by atoms with Crippen molar-refractivity contribution < 1.29 is 9.90 Å². The van der Waals surface area contributed by atoms with Gasteiger partial charge in [0.05, 0.1) is 6.10 Å². The lowest BCUT2D eigenvalue weighted by molar-refractivity contribution is -0.141. The Morgan fingerprint density at radius 3 is 2.73 bits per heavy atom. The van der Waals surface area contributed by atoms with Crippen molar-refractivity contribution in [2.75, 3.05) is 19.0 Å². The average Bonchev–Trinajstić information content (AvgIpc) is 1.94. The molecule has 1 amide bonds. The second-order valence-corrected chi connectivity index (χ2v) is 3.12. The van der Waals surface area contributed by atoms with Gasteiger partial charge in [-0.15, -0.1) is 11.6 Å². The number of hydrogen-bond donors (Lipinski definition) is 1. The summed E-state index contributed by atoms with van der Waals surface area (Å²) in [5.41, 5.74) is 0. The van der Waals surface area contributed by atoms with E-state index in [0.29, 0.717) is 25.4 Å². The Hall–Kier alpha value is -0.280. The zero-order valence-electron chi connectivity index (χ0n) is 6.29. The number of aliphatic hydroxyl groups is 1. The van der Waals surface area contributed by atoms with Crippen molar-refractivity contribution >= 4 is 17.5 Å². The van der Waals surface area contributed by atoms with E-state index in [1.165, 1.54) is 0 Å². The highest BCUT2D eigenvalue weighted by Crippen LogP contribution is 2.09. The molecule has 0 aromatic carbocycles. The van der Waals surface area contributed by atoms with Gasteiger partial charge in [0.2, 0.25) is 5.91 Å². The van der Waals surface area contributed by atoms with E-state index in [0.717, 1.165) is 6.42 Å². The van der Waals surface area contributed by atoms with E-state index in [1.807, 2.05) is 0 Å². The van der Waals surface area contributed by atoms with E-state index in [2.05, 4.69) is 0 Å². The van der Waals surface area contributed by atoms with Gasteiger partial charge in [0.15, 0.2) is 0 Å². The summed E-state index contributed by atoms with van der Waals surface area (Å²) in [6, 6.07) is 0. The zero-order valence-corrected chi connectivity index (χ0v) is 7.05. The molecule has 3 nitrogen and oxygen atoms in total. The minimum atomic E-state index is -0.296. The lowest BCUT2D eigenvalue weighted by Gasteiger charge is -2.35. The second-order valence-electron chi connectivity index (χ2n) is 2.75. The molecule has 0 saturated carbocycles. The number of rotatable bonds is 3. The average molecular weight is 178 g/mol. The molecule has 1 rings (SSSR count). The first kappa shape index (κ1) is 8.81. The molecule has 0 bridgehead atoms. The van der Waals surface area contributed by atoms with E-state index in [9.17, 15) is 4.79 Å². The van der Waals surface area contributed by atoms with Crippen LogP contribution >= 0.6 is 11.6 Å². The topological polar surface area (TPSA) is 40.5 Å². The number of aliphatic hydroxyl groups excluding tert-OH is 1. The maximum Gasteiger partial charge on any atom is 0.222 e. The number of likely N-dealkylation sites (tertiary alicyclic amines) is 1. The van der Waals surface area contributed by atoms with Crippen LogP contribution in [0.4, 0.5) is 0 Å². The van der Waals surface area contributed by atoms with Gasteiger partial charge in [0, 0.05) is 25.4 Å². The van der Waals surface area contributed by atoms with Crippen molar-refractivity contribution in [2.45, 2.75) is 18.9 Å². The van der Waals surface area contributed by atoms with E-state index in [4.69, 9.17) is 16.7 Å². The van der Waals surface area contributed by atoms with Gasteiger partial charge in [-0.3, -0.25) is 4.79 Å². The normalized spacial score (nSPS) is 18.2. The highest BCUT2D eigenvalue weighted by atomic mass is 35.5. The first-order valence-corrected chi connectivity index (χ1v) is 4.29. The van der Waals surface area contributed by atoms with Crippen molar-refractivity contribution in [2.24, 2.45) is 0 Å². The Labute approximate surface area is 70.9 Å². The van der Waals surface area contributed by atoms with Gasteiger partial charge in [-0.25, -0.2) is 0 Å². The smallest absolute Gasteiger partial charge is 0.222 e. The molecule has 1 heterocycles. The zero-order chi connectivity index (χ0) is 8.27. The first-order valence-electron chi connectivity index (χ1n) is 3.76. The quantitative estimate of drug-likeness (QED) is 0.627. The van der Waals surface area contributed by atoms with Crippen molar-refractivity contribution in [3.63, 3.8) is 0 Å². The fraction of sp³-hybridized carbons (Fsp3) is 0.857. The van der Waals surface area contributed by atoms with Gasteiger partial charge in [-0.1, -0.05) is 0 Å². The van der Waals surface area contributed by atoms with Crippen LogP contribution in [0.5, 0.6) is 0 Å². The molecule has 1 N–H and O–H groups in total. The molecule has 0 aromatic heterocycles. The monoisotopic (exact) mass is 177 g/mol. The van der Waals surface area contributed by atoms with E-state index in [-0.39, 0.29) is 12.0 Å². The maximum atomic E-state index is 11.1. The highest BCUT2D eigenvalue weighted by molar-refractivity contribution is 6.17. The Balaban J connectivity index is 2.11. The van der Waals surface area contributed by atoms with Crippen LogP contribution in [0.25, 0.3) is 0 Å². The second kappa shape index (κ2) is 3.93. The molecule has 0 unspecified atom stereocenters. The minimum Gasteiger partial charge on any atom is -0.389 e. The molecule has 1 aliphatic rings. The number of carbonyl (C=O) groups is 1. The lowest BCUT2D eigenvalue weighted by Crippen LogP contribution is -2.53. The van der Waals surface area contributed by atoms with E-state index < -0.39 is 0 Å². The summed E-state index contributed by atoms with van der Waals surface area (Å²) >= 11 is 5.42. The lowest BCUT2D eigenvalue weighted by atomic mass is 10.1. The van der Waals surface area contributed by atoms with Gasteiger partial charge in [-0.05, 0) is 6.42 Å². The van der Waals surface area contributed by atoms with Gasteiger partial charge in [-0.2, -0.15) is 0 Å². The van der Waals surface area contributed by atoms with Crippen LogP contribution in [-0.4, -0.2) is 41.0 Å². The molecule has 4 heteroatoms. The number of alkyl halides is 1. The predicted molar refractivity (Wildman–Crippen MR) is 42.5 cm³/mol. The molecule has 1 aliphatic heterocycles. The molecule has 1 saturated heterocycles. The molecule has 0 aromatic rings. The Kier molecular flexibility index (Phi) is 3.15. The van der Waals surface area contributed by atoms with Crippen LogP contribution in [0.1, 0.15) is 12.8 Å². The standard InChI is InChI=1S/C7H12ClNO2/c8-3-1-2-7(11)9-4-6(10)5-9/h6,10H,1-5H2. The summed E-state index contributed by atoms with van der Waals surface area (Å²) in [7, 11) is 0. The third-order valence-corrected chi connectivity index (χ3v) is 2.01. The third kappa shape index (κ3) is 2.34. The number of amides is 1. The summed E-state index contributed by atoms with van der Waals surface area (Å²) < 4.78 is 0. The van der Waals surface area contributed by atoms with Crippen LogP contribution in [0, 0.1) is 0 Å². The number of hydrogen-bond acceptors (Lipinski definition) is 2. The Morgan fingerprint density at radius 1 is 1.64 bits per heavy atom. The van der Waals surface area contributed by atoms with Crippen LogP contribution in [-0.2, 0) is 4.79 Å². The summed E-state index contributed by atoms with van der Waals surface area (Å²) in [6.07, 6.45) is 0.943. The molecule has 0 aliphatic carbocycles. The molecule has 0 radical (unpaired) electrons. The highest BCUT2D eigenvalue weighted by Gasteiger charge is 2.27. The van der Waals surface area contributed by atoms with Crippen LogP contribution < -0.4 is 0 Å². The van der Waals surface area contributed by atoms with Crippen molar-refractivity contribution in [3.05, 3.63) is 0 Å². The number of β-amino-alcohol motifs (C(OH)–C–C–N with tert-alkyl or cyclic N) is 1. The molecule has 1 fully saturated rings. The Morgan fingerprint density at radius 2 is 2.27 bits per heavy atom. The van der Waals surface area contributed by atoms with Crippen LogP contribution in [0.3, 0.4) is 0 Å². The maximum absolute atomic E-state index is 11.1. The van der Waals surface area contributed by atoms with Crippen LogP contribution in [0.2, 0.25) is 0 Å². The van der Waals surface area contributed by atoms with E-state index >= 15 is 0 Å². The number of nitrogens with zero attached hydrogens (tertiary/aromatic N) is 1. The third-order valence-electron chi connectivity index (χ3n) is 1.74. The first-order chi connectivity index (χ1) is 5.24. The molecular formula is C7H12ClNO2. The van der Waals surface area contributed by atoms with Crippen molar-refractivity contribution in [3.8, 4) is 0 Å². The largest absolute Gasteiger partial charge is 0.389 e. The summed E-state index contributed by atoms with van der Waals surface area (Å²) in [6.45, 7) is 1.00. The summed E-state index contributed by atoms with van der Waals surface area (Å²) in [4.78, 5) is 12.7. The molecular weight excluding hydrogens is 166 g/mol. The Bertz CT molecular complexity index is 145. The molecule has 0 atom stereocenters. The number of carbonyl (C=O) groups excluding carboxylic acids is 1. The van der Waals surface area contributed by atoms with Crippen LogP contribution in [0.15, 0.2) is 0 Å². The number of halogens is 1. The van der Waals surface area contributed by atoms with Crippen molar-refractivity contribution in [1.82, 2.24) is 4.90 Å². The summed E-state index contributed by atoms with van der Waals surface area (Å²) in [5, 5.41) is 8.87. The molecule has 0 spiro atoms. The fourth-order valence-corrected chi connectivity index (χ4v) is 1.17. The minimum absolute atomic E-state index is 0.107. The fourth-order valence-electron chi connectivity index (χ4n) is 1.04. The van der Waals surface area contributed by atoms with E-state index in [1.54, 1.807) is 4.90 Å². The van der Waals surface area contributed by atoms with Gasteiger partial charge < -0.3 is 10.0 Å². The van der Waals surface area contributed by atoms with Gasteiger partial charge in [0.1, 0.15) is 0 Å². The van der Waals surface area contributed by atoms with Gasteiger partial charge in [0.25, 0.3) is 0 Å². The van der Waals surface area contributed by atoms with Gasteiger partial charge >= 0.3 is 0 Å².